The van der Waals surface area contributed by atoms with Gasteiger partial charge in [0.2, 0.25) is 10.0 Å². The van der Waals surface area contributed by atoms with Crippen LogP contribution in [-0.2, 0) is 14.8 Å². The second kappa shape index (κ2) is 10.9. The maximum Gasteiger partial charge on any atom is 0.331 e. The number of benzene rings is 1. The van der Waals surface area contributed by atoms with Gasteiger partial charge in [-0.05, 0) is 51.3 Å². The van der Waals surface area contributed by atoms with Gasteiger partial charge in [0.1, 0.15) is 11.6 Å². The Morgan fingerprint density at radius 3 is 2.68 bits per heavy atom. The monoisotopic (exact) mass is 541 g/mol. The quantitative estimate of drug-likeness (QED) is 0.353. The SMILES string of the molecule is CCOc1ccc(S(=O)(=O)NC2C=CC=C(C(=O)O)C2)cc1-c1nn2c(C(CC)CC)nc(C)c2c(=O)[nH]1. The molecule has 3 aromatic rings. The molecule has 2 heterocycles. The normalized spacial score (nSPS) is 15.7. The number of imidazole rings is 1. The second-order valence-electron chi connectivity index (χ2n) is 9.04. The zero-order valence-electron chi connectivity index (χ0n) is 21.7. The predicted octanol–water partition coefficient (Wildman–Crippen LogP) is 3.31. The molecule has 3 N–H and O–H groups in total. The van der Waals surface area contributed by atoms with Crippen LogP contribution in [0.4, 0.5) is 0 Å². The number of carboxylic acids is 1. The van der Waals surface area contributed by atoms with Crippen LogP contribution in [-0.4, -0.2) is 51.7 Å². The van der Waals surface area contributed by atoms with E-state index in [9.17, 15) is 23.1 Å². The smallest absolute Gasteiger partial charge is 0.331 e. The number of carbonyl (C=O) groups is 1. The first kappa shape index (κ1) is 27.3. The van der Waals surface area contributed by atoms with Crippen molar-refractivity contribution in [3.63, 3.8) is 0 Å². The molecule has 1 atom stereocenters. The second-order valence-corrected chi connectivity index (χ2v) is 10.8. The summed E-state index contributed by atoms with van der Waals surface area (Å²) in [6.07, 6.45) is 6.19. The number of H-pyrrole nitrogens is 1. The molecule has 2 aromatic heterocycles. The molecule has 12 heteroatoms. The fraction of sp³-hybridized carbons (Fsp3) is 0.385. The minimum Gasteiger partial charge on any atom is -0.493 e. The summed E-state index contributed by atoms with van der Waals surface area (Å²) < 4.78 is 36.4. The van der Waals surface area contributed by atoms with Crippen LogP contribution >= 0.6 is 0 Å². The molecule has 0 spiro atoms. The lowest BCUT2D eigenvalue weighted by molar-refractivity contribution is -0.132. The number of hydrogen-bond acceptors (Lipinski definition) is 7. The van der Waals surface area contributed by atoms with Crippen molar-refractivity contribution in [1.82, 2.24) is 24.3 Å². The molecule has 0 saturated carbocycles. The molecule has 0 bridgehead atoms. The third-order valence-electron chi connectivity index (χ3n) is 6.53. The summed E-state index contributed by atoms with van der Waals surface area (Å²) in [5.41, 5.74) is 0.900. The van der Waals surface area contributed by atoms with Gasteiger partial charge in [-0.15, -0.1) is 5.10 Å². The first-order valence-corrected chi connectivity index (χ1v) is 14.0. The van der Waals surface area contributed by atoms with Gasteiger partial charge in [-0.3, -0.25) is 4.79 Å². The number of aliphatic carboxylic acids is 1. The zero-order valence-corrected chi connectivity index (χ0v) is 22.5. The van der Waals surface area contributed by atoms with Gasteiger partial charge in [0, 0.05) is 17.5 Å². The third kappa shape index (κ3) is 5.27. The van der Waals surface area contributed by atoms with E-state index in [0.717, 1.165) is 12.8 Å². The number of aromatic amines is 1. The molecule has 1 aliphatic rings. The largest absolute Gasteiger partial charge is 0.493 e. The molecule has 0 radical (unpaired) electrons. The molecule has 0 saturated heterocycles. The van der Waals surface area contributed by atoms with E-state index in [1.54, 1.807) is 24.4 Å². The Hall–Kier alpha value is -3.77. The van der Waals surface area contributed by atoms with E-state index >= 15 is 0 Å². The highest BCUT2D eigenvalue weighted by Gasteiger charge is 2.25. The maximum atomic E-state index is 13.3. The van der Waals surface area contributed by atoms with Crippen molar-refractivity contribution in [2.75, 3.05) is 6.61 Å². The average molecular weight is 542 g/mol. The highest BCUT2D eigenvalue weighted by molar-refractivity contribution is 7.89. The van der Waals surface area contributed by atoms with Crippen molar-refractivity contribution >= 4 is 21.5 Å². The van der Waals surface area contributed by atoms with Crippen molar-refractivity contribution in [2.45, 2.75) is 63.8 Å². The van der Waals surface area contributed by atoms with Crippen molar-refractivity contribution < 1.29 is 23.1 Å². The number of hydrogen-bond donors (Lipinski definition) is 3. The highest BCUT2D eigenvalue weighted by Crippen LogP contribution is 2.31. The lowest BCUT2D eigenvalue weighted by Crippen LogP contribution is -2.35. The van der Waals surface area contributed by atoms with Crippen molar-refractivity contribution in [2.24, 2.45) is 0 Å². The molecule has 1 unspecified atom stereocenters. The van der Waals surface area contributed by atoms with Crippen LogP contribution < -0.4 is 15.0 Å². The number of aryl methyl sites for hydroxylation is 1. The lowest BCUT2D eigenvalue weighted by atomic mass is 10.0. The van der Waals surface area contributed by atoms with E-state index < -0.39 is 27.6 Å². The summed E-state index contributed by atoms with van der Waals surface area (Å²) in [6, 6.07) is 3.57. The number of fused-ring (bicyclic) bond motifs is 1. The Bertz CT molecular complexity index is 1600. The molecule has 0 fully saturated rings. The molecule has 4 rings (SSSR count). The Balaban J connectivity index is 1.80. The van der Waals surface area contributed by atoms with E-state index in [2.05, 4.69) is 19.8 Å². The number of nitrogens with zero attached hydrogens (tertiary/aromatic N) is 3. The number of sulfonamides is 1. The number of allylic oxidation sites excluding steroid dienone is 2. The summed E-state index contributed by atoms with van der Waals surface area (Å²) >= 11 is 0. The van der Waals surface area contributed by atoms with Crippen LogP contribution in [0.2, 0.25) is 0 Å². The molecule has 38 heavy (non-hydrogen) atoms. The Labute approximate surface area is 220 Å². The minimum absolute atomic E-state index is 0.0132. The van der Waals surface area contributed by atoms with Gasteiger partial charge in [0.05, 0.1) is 22.8 Å². The maximum absolute atomic E-state index is 13.3. The summed E-state index contributed by atoms with van der Waals surface area (Å²) in [6.45, 7) is 7.95. The molecule has 0 aliphatic heterocycles. The number of rotatable bonds is 10. The Morgan fingerprint density at radius 2 is 2.03 bits per heavy atom. The molecule has 1 aromatic carbocycles. The van der Waals surface area contributed by atoms with Gasteiger partial charge in [0.25, 0.3) is 5.56 Å². The summed E-state index contributed by atoms with van der Waals surface area (Å²) in [5.74, 6) is 0.151. The Morgan fingerprint density at radius 1 is 1.29 bits per heavy atom. The van der Waals surface area contributed by atoms with Crippen molar-refractivity contribution in [3.8, 4) is 17.1 Å². The van der Waals surface area contributed by atoms with E-state index in [4.69, 9.17) is 4.74 Å². The zero-order chi connectivity index (χ0) is 27.6. The summed E-state index contributed by atoms with van der Waals surface area (Å²) in [7, 11) is -4.07. The first-order valence-electron chi connectivity index (χ1n) is 12.5. The fourth-order valence-corrected chi connectivity index (χ4v) is 5.78. The van der Waals surface area contributed by atoms with E-state index in [0.29, 0.717) is 35.0 Å². The van der Waals surface area contributed by atoms with Gasteiger partial charge >= 0.3 is 5.97 Å². The molecular weight excluding hydrogens is 510 g/mol. The van der Waals surface area contributed by atoms with Crippen LogP contribution in [0.3, 0.4) is 0 Å². The first-order chi connectivity index (χ1) is 18.1. The molecular formula is C26H31N5O6S. The van der Waals surface area contributed by atoms with E-state index in [-0.39, 0.29) is 28.6 Å². The fourth-order valence-electron chi connectivity index (χ4n) is 4.56. The molecule has 11 nitrogen and oxygen atoms in total. The van der Waals surface area contributed by atoms with Crippen LogP contribution in [0.5, 0.6) is 5.75 Å². The van der Waals surface area contributed by atoms with Crippen LogP contribution in [0.1, 0.15) is 57.5 Å². The van der Waals surface area contributed by atoms with Crippen molar-refractivity contribution in [1.29, 1.82) is 0 Å². The highest BCUT2D eigenvalue weighted by atomic mass is 32.2. The number of ether oxygens (including phenoxy) is 1. The van der Waals surface area contributed by atoms with Gasteiger partial charge in [-0.1, -0.05) is 32.1 Å². The van der Waals surface area contributed by atoms with Gasteiger partial charge in [0.15, 0.2) is 11.3 Å². The number of aromatic nitrogens is 4. The summed E-state index contributed by atoms with van der Waals surface area (Å²) in [4.78, 5) is 31.7. The van der Waals surface area contributed by atoms with Crippen molar-refractivity contribution in [3.05, 3.63) is 63.9 Å². The predicted molar refractivity (Wildman–Crippen MR) is 142 cm³/mol. The molecule has 0 amide bonds. The summed E-state index contributed by atoms with van der Waals surface area (Å²) in [5, 5.41) is 13.9. The molecule has 1 aliphatic carbocycles. The molecule has 202 valence electrons. The average Bonchev–Trinajstić information content (AvgIpc) is 3.21. The van der Waals surface area contributed by atoms with Crippen LogP contribution in [0.15, 0.2) is 51.7 Å². The topological polar surface area (TPSA) is 156 Å². The van der Waals surface area contributed by atoms with Gasteiger partial charge < -0.3 is 14.8 Å². The Kier molecular flexibility index (Phi) is 7.83. The van der Waals surface area contributed by atoms with E-state index in [1.807, 2.05) is 13.8 Å². The van der Waals surface area contributed by atoms with Crippen LogP contribution in [0, 0.1) is 6.92 Å². The number of carboxylic acid groups (broad SMARTS) is 1. The third-order valence-corrected chi connectivity index (χ3v) is 8.02. The van der Waals surface area contributed by atoms with Crippen LogP contribution in [0.25, 0.3) is 16.9 Å². The number of nitrogens with one attached hydrogen (secondary N) is 2. The van der Waals surface area contributed by atoms with E-state index in [1.165, 1.54) is 30.4 Å². The minimum atomic E-state index is -4.07. The lowest BCUT2D eigenvalue weighted by Gasteiger charge is -2.19. The van der Waals surface area contributed by atoms with Gasteiger partial charge in [-0.25, -0.2) is 27.4 Å². The van der Waals surface area contributed by atoms with Gasteiger partial charge in [-0.2, -0.15) is 0 Å². The standard InChI is InChI=1S/C26H31N5O6S/c1-5-16(6-2)24-27-15(4)22-25(32)28-23(29-31(22)24)20-14-19(11-12-21(20)37-7-3)38(35,36)30-18-10-8-9-17(13-18)26(33)34/h8-12,14,16,18,30H,5-7,13H2,1-4H3,(H,33,34)(H,28,29,32).